The van der Waals surface area contributed by atoms with Gasteiger partial charge in [0, 0.05) is 19.4 Å². The third-order valence-electron chi connectivity index (χ3n) is 7.52. The van der Waals surface area contributed by atoms with E-state index in [2.05, 4.69) is 15.6 Å². The summed E-state index contributed by atoms with van der Waals surface area (Å²) in [4.78, 5) is 59.5. The Morgan fingerprint density at radius 3 is 2.28 bits per heavy atom. The number of hydrogen-bond donors (Lipinski definition) is 3. The van der Waals surface area contributed by atoms with Crippen molar-refractivity contribution in [2.45, 2.75) is 99.0 Å². The molecule has 11 heteroatoms. The Labute approximate surface area is 259 Å². The summed E-state index contributed by atoms with van der Waals surface area (Å²) >= 11 is 1.58. The zero-order valence-corrected chi connectivity index (χ0v) is 27.4. The molecule has 1 aromatic heterocycles. The van der Waals surface area contributed by atoms with Crippen LogP contribution < -0.4 is 16.4 Å². The Balaban J connectivity index is 1.69. The highest BCUT2D eigenvalue weighted by Crippen LogP contribution is 2.28. The zero-order chi connectivity index (χ0) is 32.1. The van der Waals surface area contributed by atoms with E-state index >= 15 is 0 Å². The molecule has 0 bridgehead atoms. The smallest absolute Gasteiger partial charge is 0.329 e. The largest absolute Gasteiger partial charge is 0.459 e. The molecule has 236 valence electrons. The van der Waals surface area contributed by atoms with Crippen LogP contribution in [0.1, 0.15) is 72.6 Å². The van der Waals surface area contributed by atoms with Gasteiger partial charge in [0.1, 0.15) is 18.2 Å². The maximum atomic E-state index is 13.4. The van der Waals surface area contributed by atoms with E-state index in [1.165, 1.54) is 4.90 Å². The summed E-state index contributed by atoms with van der Waals surface area (Å²) in [6.07, 6.45) is -0.277. The second-order valence-electron chi connectivity index (χ2n) is 13.3. The predicted molar refractivity (Wildman–Crippen MR) is 168 cm³/mol. The van der Waals surface area contributed by atoms with Crippen molar-refractivity contribution >= 4 is 35.0 Å². The van der Waals surface area contributed by atoms with E-state index in [4.69, 9.17) is 10.5 Å². The second kappa shape index (κ2) is 14.4. The Bertz CT molecular complexity index is 1280. The van der Waals surface area contributed by atoms with Gasteiger partial charge in [0.2, 0.25) is 17.7 Å². The predicted octanol–water partition coefficient (Wildman–Crippen LogP) is 3.81. The van der Waals surface area contributed by atoms with E-state index in [1.54, 1.807) is 11.3 Å². The molecule has 2 aromatic rings. The van der Waals surface area contributed by atoms with Crippen LogP contribution in [0.4, 0.5) is 0 Å². The molecule has 1 aliphatic heterocycles. The number of carbonyl (C=O) groups excluding carboxylic acids is 4. The molecule has 2 heterocycles. The molecule has 1 aliphatic rings. The average Bonchev–Trinajstić information content (AvgIpc) is 3.55. The Morgan fingerprint density at radius 2 is 1.74 bits per heavy atom. The van der Waals surface area contributed by atoms with E-state index in [0.717, 1.165) is 21.7 Å². The van der Waals surface area contributed by atoms with Crippen LogP contribution in [0.3, 0.4) is 0 Å². The number of likely N-dealkylation sites (tertiary alicyclic amines) is 1. The lowest BCUT2D eigenvalue weighted by molar-refractivity contribution is -0.154. The van der Waals surface area contributed by atoms with Crippen molar-refractivity contribution in [3.05, 3.63) is 41.0 Å². The third-order valence-corrected chi connectivity index (χ3v) is 8.50. The maximum Gasteiger partial charge on any atom is 0.329 e. The van der Waals surface area contributed by atoms with E-state index in [0.29, 0.717) is 6.54 Å². The van der Waals surface area contributed by atoms with Crippen molar-refractivity contribution < 1.29 is 23.9 Å². The number of esters is 1. The number of rotatable bonds is 11. The highest BCUT2D eigenvalue weighted by molar-refractivity contribution is 7.13. The number of nitrogens with two attached hydrogens (primary N) is 1. The molecule has 10 nitrogen and oxygen atoms in total. The molecule has 1 saturated heterocycles. The summed E-state index contributed by atoms with van der Waals surface area (Å²) in [6, 6.07) is 5.49. The number of aromatic nitrogens is 1. The van der Waals surface area contributed by atoms with Crippen molar-refractivity contribution in [3.63, 3.8) is 0 Å². The average molecular weight is 614 g/mol. The summed E-state index contributed by atoms with van der Waals surface area (Å²) in [5.41, 5.74) is 10.5. The normalized spacial score (nSPS) is 18.4. The Hall–Kier alpha value is -3.31. The molecule has 4 N–H and O–H groups in total. The monoisotopic (exact) mass is 613 g/mol. The Morgan fingerprint density at radius 1 is 1.09 bits per heavy atom. The van der Waals surface area contributed by atoms with Crippen molar-refractivity contribution in [1.29, 1.82) is 0 Å². The van der Waals surface area contributed by atoms with Crippen molar-refractivity contribution in [3.8, 4) is 10.4 Å². The quantitative estimate of drug-likeness (QED) is 0.327. The molecule has 0 spiro atoms. The molecule has 1 aromatic carbocycles. The first-order chi connectivity index (χ1) is 20.1. The first-order valence-corrected chi connectivity index (χ1v) is 15.8. The fourth-order valence-corrected chi connectivity index (χ4v) is 5.72. The van der Waals surface area contributed by atoms with E-state index in [-0.39, 0.29) is 48.5 Å². The van der Waals surface area contributed by atoms with E-state index in [1.807, 2.05) is 85.2 Å². The highest BCUT2D eigenvalue weighted by Gasteiger charge is 2.43. The summed E-state index contributed by atoms with van der Waals surface area (Å²) < 4.78 is 5.82. The molecule has 3 amide bonds. The van der Waals surface area contributed by atoms with Crippen molar-refractivity contribution in [2.75, 3.05) is 6.54 Å². The van der Waals surface area contributed by atoms with Crippen LogP contribution in [0.2, 0.25) is 0 Å². The molecule has 43 heavy (non-hydrogen) atoms. The van der Waals surface area contributed by atoms with Crippen LogP contribution in [0, 0.1) is 24.2 Å². The van der Waals surface area contributed by atoms with Gasteiger partial charge in [-0.2, -0.15) is 0 Å². The second-order valence-corrected chi connectivity index (χ2v) is 14.1. The minimum Gasteiger partial charge on any atom is -0.459 e. The van der Waals surface area contributed by atoms with Crippen LogP contribution in [-0.4, -0.2) is 64.3 Å². The topological polar surface area (TPSA) is 144 Å². The van der Waals surface area contributed by atoms with Crippen LogP contribution >= 0.6 is 11.3 Å². The van der Waals surface area contributed by atoms with Gasteiger partial charge in [0.15, 0.2) is 0 Å². The SMILES string of the molecule is Cc1ncsc1-c1ccc(CNC(=O)[C@@H]2C[C@@H](OC(=O)C(NC(=O)[C@@H](N)C(C)C)C(C)C)CN2C(=O)CC(C)(C)C)cc1. The van der Waals surface area contributed by atoms with E-state index < -0.39 is 36.1 Å². The van der Waals surface area contributed by atoms with Gasteiger partial charge >= 0.3 is 5.97 Å². The van der Waals surface area contributed by atoms with Crippen LogP contribution in [0.15, 0.2) is 29.8 Å². The van der Waals surface area contributed by atoms with Gasteiger partial charge in [-0.3, -0.25) is 14.4 Å². The van der Waals surface area contributed by atoms with Crippen LogP contribution in [-0.2, 0) is 30.5 Å². The van der Waals surface area contributed by atoms with E-state index in [9.17, 15) is 19.2 Å². The van der Waals surface area contributed by atoms with Crippen LogP contribution in [0.25, 0.3) is 10.4 Å². The molecule has 1 unspecified atom stereocenters. The van der Waals surface area contributed by atoms with Crippen molar-refractivity contribution in [1.82, 2.24) is 20.5 Å². The lowest BCUT2D eigenvalue weighted by Gasteiger charge is -2.27. The Kier molecular flexibility index (Phi) is 11.5. The number of thiazole rings is 1. The minimum atomic E-state index is -0.902. The number of hydrogen-bond acceptors (Lipinski definition) is 8. The number of nitrogens with one attached hydrogen (secondary N) is 2. The fraction of sp³-hybridized carbons (Fsp3) is 0.594. The first kappa shape index (κ1) is 34.2. The molecule has 3 rings (SSSR count). The summed E-state index contributed by atoms with van der Waals surface area (Å²) in [5, 5.41) is 5.69. The summed E-state index contributed by atoms with van der Waals surface area (Å²) in [7, 11) is 0. The third kappa shape index (κ3) is 9.34. The van der Waals surface area contributed by atoms with Crippen molar-refractivity contribution in [2.24, 2.45) is 23.0 Å². The number of carbonyl (C=O) groups is 4. The van der Waals surface area contributed by atoms with Gasteiger partial charge in [-0.1, -0.05) is 72.7 Å². The molecule has 0 saturated carbocycles. The first-order valence-electron chi connectivity index (χ1n) is 14.9. The van der Waals surface area contributed by atoms with Gasteiger partial charge in [-0.05, 0) is 35.3 Å². The van der Waals surface area contributed by atoms with Gasteiger partial charge < -0.3 is 26.0 Å². The van der Waals surface area contributed by atoms with Gasteiger partial charge in [-0.15, -0.1) is 11.3 Å². The van der Waals surface area contributed by atoms with Gasteiger partial charge in [-0.25, -0.2) is 9.78 Å². The number of nitrogens with zero attached hydrogens (tertiary/aromatic N) is 2. The molecular weight excluding hydrogens is 566 g/mol. The molecule has 0 radical (unpaired) electrons. The number of ether oxygens (including phenoxy) is 1. The number of benzene rings is 1. The molecular formula is C32H47N5O5S. The highest BCUT2D eigenvalue weighted by atomic mass is 32.1. The standard InChI is InChI=1S/C32H47N5O5S/c1-18(2)26(33)30(40)36-27(19(3)4)31(41)42-23-13-24(37(16-23)25(38)14-32(6,7)8)29(39)34-15-21-9-11-22(12-10-21)28-20(5)35-17-43-28/h9-12,17-19,23-24,26-27H,13-16,33H2,1-8H3,(H,34,39)(H,36,40)/t23-,24+,26+,27?/m1/s1. The lowest BCUT2D eigenvalue weighted by Crippen LogP contribution is -2.53. The molecule has 4 atom stereocenters. The van der Waals surface area contributed by atoms with Crippen LogP contribution in [0.5, 0.6) is 0 Å². The fourth-order valence-electron chi connectivity index (χ4n) is 4.91. The lowest BCUT2D eigenvalue weighted by atomic mass is 9.91. The summed E-state index contributed by atoms with van der Waals surface area (Å²) in [5.74, 6) is -1.86. The van der Waals surface area contributed by atoms with Gasteiger partial charge in [0.05, 0.1) is 28.7 Å². The zero-order valence-electron chi connectivity index (χ0n) is 26.6. The number of aryl methyl sites for hydroxylation is 1. The minimum absolute atomic E-state index is 0.0965. The molecule has 1 fully saturated rings. The number of amides is 3. The maximum absolute atomic E-state index is 13.4. The summed E-state index contributed by atoms with van der Waals surface area (Å²) in [6.45, 7) is 15.5. The molecule has 0 aliphatic carbocycles. The van der Waals surface area contributed by atoms with Gasteiger partial charge in [0.25, 0.3) is 0 Å².